The number of carbonyl (C=O) groups excluding carboxylic acids is 1. The second kappa shape index (κ2) is 9.96. The van der Waals surface area contributed by atoms with E-state index >= 15 is 0 Å². The smallest absolute Gasteiger partial charge is 0.410 e. The molecule has 0 aromatic rings. The monoisotopic (exact) mass is 482 g/mol. The summed E-state index contributed by atoms with van der Waals surface area (Å²) >= 11 is 0. The van der Waals surface area contributed by atoms with Crippen LogP contribution in [0.3, 0.4) is 0 Å². The molecule has 2 rings (SSSR count). The van der Waals surface area contributed by atoms with Gasteiger partial charge in [0, 0.05) is 40.4 Å². The number of nitrogens with zero attached hydrogens (tertiary/aromatic N) is 2. The average Bonchev–Trinajstić information content (AvgIpc) is 2.44. The largest absolute Gasteiger partial charge is 0.444 e. The van der Waals surface area contributed by atoms with Crippen molar-refractivity contribution in [2.75, 3.05) is 40.4 Å². The van der Waals surface area contributed by atoms with Crippen LogP contribution in [0.25, 0.3) is 0 Å². The van der Waals surface area contributed by atoms with E-state index < -0.39 is 5.60 Å². The molecule has 0 aromatic carbocycles. The number of rotatable bonds is 6. The summed E-state index contributed by atoms with van der Waals surface area (Å²) in [5.74, 6) is 0.803. The first kappa shape index (κ1) is 23.3. The molecule has 1 aliphatic carbocycles. The normalized spacial score (nSPS) is 19.7. The number of hydrogen-bond acceptors (Lipinski definition) is 4. The maximum atomic E-state index is 12.0. The Kier molecular flexibility index (Phi) is 8.92. The van der Waals surface area contributed by atoms with Gasteiger partial charge in [0.1, 0.15) is 5.60 Å². The summed E-state index contributed by atoms with van der Waals surface area (Å²) in [7, 11) is 3.54. The number of hydrogen-bond donors (Lipinski definition) is 2. The molecule has 0 bridgehead atoms. The third kappa shape index (κ3) is 6.75. The topological polar surface area (TPSA) is 75.2 Å². The van der Waals surface area contributed by atoms with Gasteiger partial charge in [0.05, 0.1) is 6.04 Å². The third-order valence-corrected chi connectivity index (χ3v) is 4.98. The zero-order valence-corrected chi connectivity index (χ0v) is 19.1. The van der Waals surface area contributed by atoms with E-state index in [0.717, 1.165) is 25.5 Å². The van der Waals surface area contributed by atoms with Crippen molar-refractivity contribution in [1.82, 2.24) is 15.5 Å². The molecule has 1 saturated carbocycles. The van der Waals surface area contributed by atoms with Gasteiger partial charge >= 0.3 is 6.09 Å². The van der Waals surface area contributed by atoms with E-state index in [1.54, 1.807) is 19.1 Å². The summed E-state index contributed by atoms with van der Waals surface area (Å²) in [4.78, 5) is 18.0. The molecule has 0 radical (unpaired) electrons. The number of nitrogens with one attached hydrogen (secondary N) is 2. The number of likely N-dealkylation sites (tertiary alicyclic amines) is 1. The van der Waals surface area contributed by atoms with Gasteiger partial charge in [-0.3, -0.25) is 4.99 Å². The summed E-state index contributed by atoms with van der Waals surface area (Å²) in [6.45, 7) is 8.65. The van der Waals surface area contributed by atoms with Crippen LogP contribution in [0.15, 0.2) is 4.99 Å². The Balaban J connectivity index is 0.00000338. The van der Waals surface area contributed by atoms with Crippen LogP contribution in [0.4, 0.5) is 4.79 Å². The lowest BCUT2D eigenvalue weighted by Crippen LogP contribution is -2.63. The molecular formula is C18H35IN4O3. The SMILES string of the molecule is CN=C(NCC1(CCOC)CCC1)NC1CN(C(=O)OC(C)(C)C)C1.I. The number of carbonyl (C=O) groups is 1. The van der Waals surface area contributed by atoms with E-state index in [9.17, 15) is 4.79 Å². The summed E-state index contributed by atoms with van der Waals surface area (Å²) in [6.07, 6.45) is 4.63. The van der Waals surface area contributed by atoms with Gasteiger partial charge in [-0.05, 0) is 45.4 Å². The number of halogens is 1. The van der Waals surface area contributed by atoms with Gasteiger partial charge in [-0.25, -0.2) is 4.79 Å². The van der Waals surface area contributed by atoms with Crippen LogP contribution in [0.2, 0.25) is 0 Å². The molecule has 0 aromatic heterocycles. The van der Waals surface area contributed by atoms with E-state index in [1.165, 1.54) is 19.3 Å². The molecule has 0 atom stereocenters. The van der Waals surface area contributed by atoms with Gasteiger partial charge in [-0.2, -0.15) is 0 Å². The van der Waals surface area contributed by atoms with E-state index in [1.807, 2.05) is 20.8 Å². The standard InChI is InChI=1S/C18H34N4O3.HI/c1-17(2,3)25-16(23)22-11-14(12-22)21-15(19-4)20-13-18(7-6-8-18)9-10-24-5;/h14H,6-13H2,1-5H3,(H2,19,20,21);1H. The van der Waals surface area contributed by atoms with Crippen LogP contribution in [-0.2, 0) is 9.47 Å². The van der Waals surface area contributed by atoms with Gasteiger partial charge in [0.2, 0.25) is 0 Å². The van der Waals surface area contributed by atoms with Gasteiger partial charge < -0.3 is 25.0 Å². The maximum Gasteiger partial charge on any atom is 0.410 e. The number of ether oxygens (including phenoxy) is 2. The molecule has 1 amide bonds. The highest BCUT2D eigenvalue weighted by molar-refractivity contribution is 14.0. The van der Waals surface area contributed by atoms with Crippen molar-refractivity contribution in [3.05, 3.63) is 0 Å². The fraction of sp³-hybridized carbons (Fsp3) is 0.889. The Labute approximate surface area is 174 Å². The van der Waals surface area contributed by atoms with Crippen LogP contribution < -0.4 is 10.6 Å². The van der Waals surface area contributed by atoms with E-state index in [4.69, 9.17) is 9.47 Å². The summed E-state index contributed by atoms with van der Waals surface area (Å²) in [6, 6.07) is 0.218. The van der Waals surface area contributed by atoms with Gasteiger partial charge in [0.15, 0.2) is 5.96 Å². The van der Waals surface area contributed by atoms with Gasteiger partial charge in [0.25, 0.3) is 0 Å². The number of aliphatic imine (C=N–C) groups is 1. The Bertz CT molecular complexity index is 483. The van der Waals surface area contributed by atoms with E-state index in [0.29, 0.717) is 18.5 Å². The minimum Gasteiger partial charge on any atom is -0.444 e. The molecule has 0 spiro atoms. The Morgan fingerprint density at radius 3 is 2.42 bits per heavy atom. The highest BCUT2D eigenvalue weighted by atomic mass is 127. The Hall–Kier alpha value is -0.770. The van der Waals surface area contributed by atoms with Crippen LogP contribution in [0.1, 0.15) is 46.5 Å². The van der Waals surface area contributed by atoms with Crippen molar-refractivity contribution < 1.29 is 14.3 Å². The van der Waals surface area contributed by atoms with Crippen molar-refractivity contribution in [2.45, 2.75) is 58.1 Å². The quantitative estimate of drug-likeness (QED) is 0.346. The lowest BCUT2D eigenvalue weighted by Gasteiger charge is -2.43. The molecule has 1 aliphatic heterocycles. The van der Waals surface area contributed by atoms with E-state index in [2.05, 4.69) is 15.6 Å². The molecule has 2 N–H and O–H groups in total. The lowest BCUT2D eigenvalue weighted by atomic mass is 9.67. The van der Waals surface area contributed by atoms with Gasteiger partial charge in [-0.1, -0.05) is 6.42 Å². The van der Waals surface area contributed by atoms with Crippen molar-refractivity contribution in [2.24, 2.45) is 10.4 Å². The molecule has 1 heterocycles. The molecule has 152 valence electrons. The Morgan fingerprint density at radius 2 is 1.96 bits per heavy atom. The predicted octanol–water partition coefficient (Wildman–Crippen LogP) is 2.60. The molecule has 1 saturated heterocycles. The van der Waals surface area contributed by atoms with Crippen LogP contribution >= 0.6 is 24.0 Å². The second-order valence-electron chi connectivity index (χ2n) is 8.25. The highest BCUT2D eigenvalue weighted by Crippen LogP contribution is 2.43. The van der Waals surface area contributed by atoms with Crippen molar-refractivity contribution in [1.29, 1.82) is 0 Å². The summed E-state index contributed by atoms with van der Waals surface area (Å²) < 4.78 is 10.6. The van der Waals surface area contributed by atoms with E-state index in [-0.39, 0.29) is 36.1 Å². The first-order chi connectivity index (χ1) is 11.8. The highest BCUT2D eigenvalue weighted by Gasteiger charge is 2.37. The first-order valence-electron chi connectivity index (χ1n) is 9.21. The van der Waals surface area contributed by atoms with Gasteiger partial charge in [-0.15, -0.1) is 24.0 Å². The summed E-state index contributed by atoms with van der Waals surface area (Å²) in [5.41, 5.74) is -0.109. The fourth-order valence-electron chi connectivity index (χ4n) is 3.22. The molecule has 2 aliphatic rings. The minimum atomic E-state index is -0.452. The molecule has 2 fully saturated rings. The zero-order valence-electron chi connectivity index (χ0n) is 16.8. The number of methoxy groups -OCH3 is 1. The number of amides is 1. The molecular weight excluding hydrogens is 447 g/mol. The molecule has 8 heteroatoms. The zero-order chi connectivity index (χ0) is 18.5. The third-order valence-electron chi connectivity index (χ3n) is 4.98. The average molecular weight is 482 g/mol. The second-order valence-corrected chi connectivity index (χ2v) is 8.25. The molecule has 26 heavy (non-hydrogen) atoms. The first-order valence-corrected chi connectivity index (χ1v) is 9.21. The van der Waals surface area contributed by atoms with Crippen LogP contribution in [0.5, 0.6) is 0 Å². The maximum absolute atomic E-state index is 12.0. The van der Waals surface area contributed by atoms with Crippen LogP contribution in [-0.4, -0.2) is 69.0 Å². The van der Waals surface area contributed by atoms with Crippen molar-refractivity contribution in [3.63, 3.8) is 0 Å². The van der Waals surface area contributed by atoms with Crippen LogP contribution in [0, 0.1) is 5.41 Å². The Morgan fingerprint density at radius 1 is 1.31 bits per heavy atom. The number of guanidine groups is 1. The minimum absolute atomic E-state index is 0. The molecule has 7 nitrogen and oxygen atoms in total. The molecule has 0 unspecified atom stereocenters. The summed E-state index contributed by atoms with van der Waals surface area (Å²) in [5, 5.41) is 6.84. The fourth-order valence-corrected chi connectivity index (χ4v) is 3.22. The van der Waals surface area contributed by atoms with Crippen molar-refractivity contribution >= 4 is 36.0 Å². The predicted molar refractivity (Wildman–Crippen MR) is 114 cm³/mol. The van der Waals surface area contributed by atoms with Crippen molar-refractivity contribution in [3.8, 4) is 0 Å². The lowest BCUT2D eigenvalue weighted by molar-refractivity contribution is 0.00697.